The van der Waals surface area contributed by atoms with Crippen LogP contribution in [0.25, 0.3) is 0 Å². The topological polar surface area (TPSA) is 29.3 Å². The molecule has 1 heterocycles. The normalized spacial score (nSPS) is 21.1. The molecule has 1 saturated heterocycles. The van der Waals surface area contributed by atoms with E-state index in [-0.39, 0.29) is 0 Å². The highest BCUT2D eigenvalue weighted by atomic mass is 15.1. The van der Waals surface area contributed by atoms with Crippen LogP contribution in [0.5, 0.6) is 0 Å². The second-order valence-corrected chi connectivity index (χ2v) is 4.82. The number of para-hydroxylation sites is 1. The van der Waals surface area contributed by atoms with Crippen LogP contribution in [0.2, 0.25) is 0 Å². The molecule has 2 rings (SSSR count). The van der Waals surface area contributed by atoms with E-state index >= 15 is 0 Å². The first kappa shape index (κ1) is 11.5. The quantitative estimate of drug-likeness (QED) is 0.845. The van der Waals surface area contributed by atoms with Gasteiger partial charge in [0, 0.05) is 18.8 Å². The molecule has 0 amide bonds. The van der Waals surface area contributed by atoms with Gasteiger partial charge in [-0.05, 0) is 50.3 Å². The molecule has 16 heavy (non-hydrogen) atoms. The highest BCUT2D eigenvalue weighted by Gasteiger charge is 2.20. The first-order chi connectivity index (χ1) is 7.81. The maximum atomic E-state index is 5.65. The monoisotopic (exact) mass is 218 g/mol. The number of aryl methyl sites for hydroxylation is 1. The van der Waals surface area contributed by atoms with Gasteiger partial charge in [0.1, 0.15) is 0 Å². The van der Waals surface area contributed by atoms with Crippen molar-refractivity contribution in [2.45, 2.75) is 26.2 Å². The third-order valence-corrected chi connectivity index (χ3v) is 3.55. The molecular formula is C14H22N2. The molecule has 2 nitrogen and oxygen atoms in total. The summed E-state index contributed by atoms with van der Waals surface area (Å²) < 4.78 is 0. The minimum atomic E-state index is 0.790. The van der Waals surface area contributed by atoms with Crippen molar-refractivity contribution in [1.82, 2.24) is 0 Å². The molecule has 0 radical (unpaired) electrons. The van der Waals surface area contributed by atoms with Crippen LogP contribution < -0.4 is 10.6 Å². The molecule has 1 fully saturated rings. The van der Waals surface area contributed by atoms with Gasteiger partial charge < -0.3 is 10.6 Å². The zero-order valence-corrected chi connectivity index (χ0v) is 10.2. The van der Waals surface area contributed by atoms with Crippen molar-refractivity contribution >= 4 is 5.69 Å². The van der Waals surface area contributed by atoms with Gasteiger partial charge in [0.15, 0.2) is 0 Å². The highest BCUT2D eigenvalue weighted by molar-refractivity contribution is 5.53. The van der Waals surface area contributed by atoms with Gasteiger partial charge in [-0.2, -0.15) is 0 Å². The van der Waals surface area contributed by atoms with Crippen molar-refractivity contribution in [3.8, 4) is 0 Å². The minimum absolute atomic E-state index is 0.790. The first-order valence-corrected chi connectivity index (χ1v) is 6.32. The van der Waals surface area contributed by atoms with Crippen molar-refractivity contribution in [3.05, 3.63) is 29.8 Å². The standard InChI is InChI=1S/C14H22N2/c1-12-5-2-3-7-14(12)16-10-4-6-13(11-16)8-9-15/h2-3,5,7,13H,4,6,8-11,15H2,1H3. The summed E-state index contributed by atoms with van der Waals surface area (Å²) in [6, 6.07) is 8.68. The van der Waals surface area contributed by atoms with Gasteiger partial charge in [0.2, 0.25) is 0 Å². The summed E-state index contributed by atoms with van der Waals surface area (Å²) in [7, 11) is 0. The van der Waals surface area contributed by atoms with Crippen LogP contribution in [0.1, 0.15) is 24.8 Å². The van der Waals surface area contributed by atoms with Gasteiger partial charge in [-0.15, -0.1) is 0 Å². The predicted molar refractivity (Wildman–Crippen MR) is 69.8 cm³/mol. The van der Waals surface area contributed by atoms with E-state index in [1.165, 1.54) is 43.6 Å². The van der Waals surface area contributed by atoms with Crippen LogP contribution in [0.3, 0.4) is 0 Å². The van der Waals surface area contributed by atoms with Crippen LogP contribution in [0.4, 0.5) is 5.69 Å². The van der Waals surface area contributed by atoms with E-state index in [2.05, 4.69) is 36.1 Å². The van der Waals surface area contributed by atoms with Crippen LogP contribution >= 0.6 is 0 Å². The summed E-state index contributed by atoms with van der Waals surface area (Å²) in [5.41, 5.74) is 8.45. The summed E-state index contributed by atoms with van der Waals surface area (Å²) >= 11 is 0. The molecule has 1 aromatic carbocycles. The second kappa shape index (κ2) is 5.35. The lowest BCUT2D eigenvalue weighted by molar-refractivity contribution is 0.396. The van der Waals surface area contributed by atoms with Crippen LogP contribution in [-0.4, -0.2) is 19.6 Å². The highest BCUT2D eigenvalue weighted by Crippen LogP contribution is 2.26. The molecule has 1 atom stereocenters. The Morgan fingerprint density at radius 3 is 2.94 bits per heavy atom. The lowest BCUT2D eigenvalue weighted by atomic mass is 9.94. The molecular weight excluding hydrogens is 196 g/mol. The Morgan fingerprint density at radius 1 is 1.38 bits per heavy atom. The molecule has 0 spiro atoms. The fourth-order valence-electron chi connectivity index (χ4n) is 2.67. The Labute approximate surface area is 98.4 Å². The summed E-state index contributed by atoms with van der Waals surface area (Å²) in [6.07, 6.45) is 3.82. The van der Waals surface area contributed by atoms with E-state index in [1.807, 2.05) is 0 Å². The number of benzene rings is 1. The molecule has 2 heteroatoms. The molecule has 1 aromatic rings. The Balaban J connectivity index is 2.07. The van der Waals surface area contributed by atoms with Crippen LogP contribution in [-0.2, 0) is 0 Å². The maximum Gasteiger partial charge on any atom is 0.0395 e. The molecule has 1 aliphatic rings. The van der Waals surface area contributed by atoms with Gasteiger partial charge in [-0.1, -0.05) is 18.2 Å². The van der Waals surface area contributed by atoms with Crippen molar-refractivity contribution < 1.29 is 0 Å². The number of hydrogen-bond acceptors (Lipinski definition) is 2. The summed E-state index contributed by atoms with van der Waals surface area (Å²) in [4.78, 5) is 2.53. The van der Waals surface area contributed by atoms with Crippen molar-refractivity contribution in [2.75, 3.05) is 24.5 Å². The molecule has 0 bridgehead atoms. The number of nitrogens with zero attached hydrogens (tertiary/aromatic N) is 1. The largest absolute Gasteiger partial charge is 0.371 e. The lowest BCUT2D eigenvalue weighted by Crippen LogP contribution is -2.36. The van der Waals surface area contributed by atoms with E-state index in [4.69, 9.17) is 5.73 Å². The van der Waals surface area contributed by atoms with E-state index in [1.54, 1.807) is 0 Å². The summed E-state index contributed by atoms with van der Waals surface area (Å²) in [6.45, 7) is 5.40. The molecule has 0 aromatic heterocycles. The summed E-state index contributed by atoms with van der Waals surface area (Å²) in [5, 5.41) is 0. The van der Waals surface area contributed by atoms with Crippen LogP contribution in [0.15, 0.2) is 24.3 Å². The molecule has 0 saturated carbocycles. The third kappa shape index (κ3) is 2.56. The van der Waals surface area contributed by atoms with Gasteiger partial charge in [-0.25, -0.2) is 0 Å². The van der Waals surface area contributed by atoms with Crippen molar-refractivity contribution in [1.29, 1.82) is 0 Å². The number of nitrogens with two attached hydrogens (primary N) is 1. The third-order valence-electron chi connectivity index (χ3n) is 3.55. The van der Waals surface area contributed by atoms with Crippen molar-refractivity contribution in [3.63, 3.8) is 0 Å². The van der Waals surface area contributed by atoms with E-state index in [0.29, 0.717) is 0 Å². The number of rotatable bonds is 3. The molecule has 0 aliphatic carbocycles. The van der Waals surface area contributed by atoms with Crippen LogP contribution in [0, 0.1) is 12.8 Å². The molecule has 1 unspecified atom stereocenters. The Hall–Kier alpha value is -1.02. The number of hydrogen-bond donors (Lipinski definition) is 1. The zero-order chi connectivity index (χ0) is 11.4. The van der Waals surface area contributed by atoms with Gasteiger partial charge >= 0.3 is 0 Å². The van der Waals surface area contributed by atoms with Crippen molar-refractivity contribution in [2.24, 2.45) is 11.7 Å². The predicted octanol–water partition coefficient (Wildman–Crippen LogP) is 2.56. The van der Waals surface area contributed by atoms with Gasteiger partial charge in [-0.3, -0.25) is 0 Å². The fraction of sp³-hybridized carbons (Fsp3) is 0.571. The number of piperidine rings is 1. The first-order valence-electron chi connectivity index (χ1n) is 6.32. The van der Waals surface area contributed by atoms with E-state index in [9.17, 15) is 0 Å². The average molecular weight is 218 g/mol. The van der Waals surface area contributed by atoms with Gasteiger partial charge in [0.05, 0.1) is 0 Å². The smallest absolute Gasteiger partial charge is 0.0395 e. The minimum Gasteiger partial charge on any atom is -0.371 e. The second-order valence-electron chi connectivity index (χ2n) is 4.82. The molecule has 88 valence electrons. The average Bonchev–Trinajstić information content (AvgIpc) is 2.30. The Morgan fingerprint density at radius 2 is 2.19 bits per heavy atom. The summed E-state index contributed by atoms with van der Waals surface area (Å²) in [5.74, 6) is 0.790. The molecule has 1 aliphatic heterocycles. The van der Waals surface area contributed by atoms with E-state index in [0.717, 1.165) is 12.5 Å². The van der Waals surface area contributed by atoms with E-state index < -0.39 is 0 Å². The number of anilines is 1. The van der Waals surface area contributed by atoms with Gasteiger partial charge in [0.25, 0.3) is 0 Å². The zero-order valence-electron chi connectivity index (χ0n) is 10.2. The maximum absolute atomic E-state index is 5.65. The lowest BCUT2D eigenvalue weighted by Gasteiger charge is -2.35. The Kier molecular flexibility index (Phi) is 3.83. The SMILES string of the molecule is Cc1ccccc1N1CCCC(CCN)C1. The fourth-order valence-corrected chi connectivity index (χ4v) is 2.67. The molecule has 2 N–H and O–H groups in total. The Bertz CT molecular complexity index is 333.